The molecule has 0 aliphatic heterocycles. The van der Waals surface area contributed by atoms with Crippen LogP contribution in [0.15, 0.2) is 60.7 Å². The van der Waals surface area contributed by atoms with E-state index in [-0.39, 0.29) is 24.0 Å². The van der Waals surface area contributed by atoms with Crippen LogP contribution in [0.2, 0.25) is 10.0 Å². The minimum Gasteiger partial charge on any atom is -0.466 e. The normalized spacial score (nSPS) is 10.5. The summed E-state index contributed by atoms with van der Waals surface area (Å²) in [5.41, 5.74) is 3.13. The van der Waals surface area contributed by atoms with Crippen molar-refractivity contribution >= 4 is 40.8 Å². The van der Waals surface area contributed by atoms with Gasteiger partial charge in [-0.05, 0) is 61.4 Å². The Morgan fingerprint density at radius 1 is 1.00 bits per heavy atom. The van der Waals surface area contributed by atoms with E-state index in [9.17, 15) is 9.59 Å². The van der Waals surface area contributed by atoms with Crippen LogP contribution in [-0.2, 0) is 16.0 Å². The number of nitrogens with zero attached hydrogens (tertiary/aromatic N) is 1. The first-order valence-electron chi connectivity index (χ1n) is 9.44. The maximum Gasteiger partial charge on any atom is 0.306 e. The number of esters is 1. The van der Waals surface area contributed by atoms with Crippen LogP contribution in [0.5, 0.6) is 0 Å². The second kappa shape index (κ2) is 10.2. The quantitative estimate of drug-likeness (QED) is 0.469. The fourth-order valence-electron chi connectivity index (χ4n) is 2.90. The average molecular weight is 443 g/mol. The van der Waals surface area contributed by atoms with E-state index in [4.69, 9.17) is 27.9 Å². The first-order valence-corrected chi connectivity index (χ1v) is 10.2. The molecular formula is C23H20Cl2N2O3. The average Bonchev–Trinajstić information content (AvgIpc) is 2.72. The van der Waals surface area contributed by atoms with Crippen LogP contribution in [0, 0.1) is 0 Å². The molecule has 0 aliphatic rings. The molecule has 1 N–H and O–H groups in total. The Balaban J connectivity index is 1.72. The van der Waals surface area contributed by atoms with E-state index in [1.165, 1.54) is 0 Å². The summed E-state index contributed by atoms with van der Waals surface area (Å²) in [5.74, 6) is -0.582. The molecule has 0 aliphatic carbocycles. The van der Waals surface area contributed by atoms with E-state index < -0.39 is 0 Å². The molecule has 0 fully saturated rings. The number of hydrogen-bond acceptors (Lipinski definition) is 4. The Kier molecular flexibility index (Phi) is 7.44. The van der Waals surface area contributed by atoms with Crippen LogP contribution in [0.25, 0.3) is 11.3 Å². The first kappa shape index (κ1) is 21.8. The van der Waals surface area contributed by atoms with Gasteiger partial charge in [0.25, 0.3) is 5.91 Å². The Hall–Kier alpha value is -2.89. The van der Waals surface area contributed by atoms with Crippen molar-refractivity contribution in [3.63, 3.8) is 0 Å². The number of anilines is 1. The highest BCUT2D eigenvalue weighted by atomic mass is 35.5. The van der Waals surface area contributed by atoms with E-state index in [0.717, 1.165) is 11.1 Å². The van der Waals surface area contributed by atoms with Gasteiger partial charge in [-0.15, -0.1) is 0 Å². The number of benzene rings is 2. The number of hydrogen-bond donors (Lipinski definition) is 1. The standard InChI is InChI=1S/C23H20Cl2N2O3/c1-2-30-22(28)10-9-15-5-3-6-19(11-15)26-23(29)21-8-4-7-20(27-21)16-12-17(24)14-18(25)13-16/h3-8,11-14H,2,9-10H2,1H3,(H,26,29). The molecule has 1 aromatic heterocycles. The zero-order valence-corrected chi connectivity index (χ0v) is 17.8. The molecule has 3 rings (SSSR count). The van der Waals surface area contributed by atoms with Crippen molar-refractivity contribution in [2.24, 2.45) is 0 Å². The van der Waals surface area contributed by atoms with Crippen molar-refractivity contribution < 1.29 is 14.3 Å². The first-order chi connectivity index (χ1) is 14.4. The lowest BCUT2D eigenvalue weighted by Crippen LogP contribution is -2.14. The smallest absolute Gasteiger partial charge is 0.306 e. The molecule has 154 valence electrons. The second-order valence-corrected chi connectivity index (χ2v) is 7.40. The van der Waals surface area contributed by atoms with Crippen LogP contribution >= 0.6 is 23.2 Å². The molecule has 3 aromatic rings. The monoisotopic (exact) mass is 442 g/mol. The zero-order valence-electron chi connectivity index (χ0n) is 16.3. The molecule has 1 amide bonds. The number of aromatic nitrogens is 1. The molecule has 0 saturated heterocycles. The van der Waals surface area contributed by atoms with Crippen LogP contribution < -0.4 is 5.32 Å². The molecule has 0 bridgehead atoms. The van der Waals surface area contributed by atoms with Crippen molar-refractivity contribution in [2.45, 2.75) is 19.8 Å². The van der Waals surface area contributed by atoms with Crippen molar-refractivity contribution in [1.29, 1.82) is 0 Å². The summed E-state index contributed by atoms with van der Waals surface area (Å²) in [6.07, 6.45) is 0.822. The van der Waals surface area contributed by atoms with Crippen LogP contribution in [0.4, 0.5) is 5.69 Å². The van der Waals surface area contributed by atoms with Gasteiger partial charge in [0.2, 0.25) is 0 Å². The van der Waals surface area contributed by atoms with Crippen molar-refractivity contribution in [2.75, 3.05) is 11.9 Å². The molecule has 5 nitrogen and oxygen atoms in total. The van der Waals surface area contributed by atoms with E-state index in [1.54, 1.807) is 49.4 Å². The lowest BCUT2D eigenvalue weighted by Gasteiger charge is -2.09. The van der Waals surface area contributed by atoms with Gasteiger partial charge < -0.3 is 10.1 Å². The second-order valence-electron chi connectivity index (χ2n) is 6.53. The summed E-state index contributed by atoms with van der Waals surface area (Å²) in [5, 5.41) is 3.83. The Morgan fingerprint density at radius 3 is 2.47 bits per heavy atom. The maximum atomic E-state index is 12.7. The van der Waals surface area contributed by atoms with Gasteiger partial charge in [-0.25, -0.2) is 4.98 Å². The van der Waals surface area contributed by atoms with Gasteiger partial charge in [-0.2, -0.15) is 0 Å². The number of halogens is 2. The summed E-state index contributed by atoms with van der Waals surface area (Å²) >= 11 is 12.1. The number of nitrogens with one attached hydrogen (secondary N) is 1. The van der Waals surface area contributed by atoms with E-state index in [0.29, 0.717) is 34.5 Å². The van der Waals surface area contributed by atoms with Crippen LogP contribution in [-0.4, -0.2) is 23.5 Å². The van der Waals surface area contributed by atoms with E-state index in [1.807, 2.05) is 18.2 Å². The Morgan fingerprint density at radius 2 is 1.73 bits per heavy atom. The molecule has 2 aromatic carbocycles. The summed E-state index contributed by atoms with van der Waals surface area (Å²) in [6.45, 7) is 2.14. The van der Waals surface area contributed by atoms with Gasteiger partial charge in [-0.1, -0.05) is 41.4 Å². The third kappa shape index (κ3) is 6.05. The minimum absolute atomic E-state index is 0.242. The fraction of sp³-hybridized carbons (Fsp3) is 0.174. The van der Waals surface area contributed by atoms with E-state index >= 15 is 0 Å². The minimum atomic E-state index is -0.340. The highest BCUT2D eigenvalue weighted by Crippen LogP contribution is 2.26. The van der Waals surface area contributed by atoms with Crippen molar-refractivity contribution in [3.8, 4) is 11.3 Å². The van der Waals surface area contributed by atoms with Gasteiger partial charge in [0, 0.05) is 27.7 Å². The predicted molar refractivity (Wildman–Crippen MR) is 119 cm³/mol. The number of carbonyl (C=O) groups is 2. The summed E-state index contributed by atoms with van der Waals surface area (Å²) < 4.78 is 4.95. The van der Waals surface area contributed by atoms with Gasteiger partial charge in [0.15, 0.2) is 0 Å². The molecule has 30 heavy (non-hydrogen) atoms. The summed E-state index contributed by atoms with van der Waals surface area (Å²) in [4.78, 5) is 28.7. The molecule has 0 spiro atoms. The van der Waals surface area contributed by atoms with Crippen LogP contribution in [0.1, 0.15) is 29.4 Å². The maximum absolute atomic E-state index is 12.7. The number of rotatable bonds is 7. The van der Waals surface area contributed by atoms with Gasteiger partial charge in [0.1, 0.15) is 5.69 Å². The molecular weight excluding hydrogens is 423 g/mol. The molecule has 0 unspecified atom stereocenters. The fourth-order valence-corrected chi connectivity index (χ4v) is 3.43. The molecule has 0 atom stereocenters. The Bertz CT molecular complexity index is 1050. The van der Waals surface area contributed by atoms with Crippen molar-refractivity contribution in [1.82, 2.24) is 4.98 Å². The number of amides is 1. The molecule has 0 saturated carbocycles. The van der Waals surface area contributed by atoms with Gasteiger partial charge in [0.05, 0.1) is 12.3 Å². The summed E-state index contributed by atoms with van der Waals surface area (Å²) in [7, 11) is 0. The van der Waals surface area contributed by atoms with Crippen LogP contribution in [0.3, 0.4) is 0 Å². The van der Waals surface area contributed by atoms with E-state index in [2.05, 4.69) is 10.3 Å². The van der Waals surface area contributed by atoms with Gasteiger partial charge >= 0.3 is 5.97 Å². The molecule has 7 heteroatoms. The Labute approximate surface area is 185 Å². The number of ether oxygens (including phenoxy) is 1. The third-order valence-corrected chi connectivity index (χ3v) is 4.68. The number of carbonyl (C=O) groups excluding carboxylic acids is 2. The highest BCUT2D eigenvalue weighted by Gasteiger charge is 2.11. The highest BCUT2D eigenvalue weighted by molar-refractivity contribution is 6.35. The predicted octanol–water partition coefficient (Wildman–Crippen LogP) is 5.80. The lowest BCUT2D eigenvalue weighted by molar-refractivity contribution is -0.143. The topological polar surface area (TPSA) is 68.3 Å². The largest absolute Gasteiger partial charge is 0.466 e. The lowest BCUT2D eigenvalue weighted by atomic mass is 10.1. The molecule has 0 radical (unpaired) electrons. The number of aryl methyl sites for hydroxylation is 1. The molecule has 1 heterocycles. The zero-order chi connectivity index (χ0) is 21.5. The van der Waals surface area contributed by atoms with Gasteiger partial charge in [-0.3, -0.25) is 9.59 Å². The van der Waals surface area contributed by atoms with Crippen molar-refractivity contribution in [3.05, 3.63) is 82.0 Å². The third-order valence-electron chi connectivity index (χ3n) is 4.25. The summed E-state index contributed by atoms with van der Waals surface area (Å²) in [6, 6.07) is 17.6. The SMILES string of the molecule is CCOC(=O)CCc1cccc(NC(=O)c2cccc(-c3cc(Cl)cc(Cl)c3)n2)c1. The number of pyridine rings is 1.